The highest BCUT2D eigenvalue weighted by Gasteiger charge is 2.53. The maximum Gasteiger partial charge on any atom is 0.332 e. The lowest BCUT2D eigenvalue weighted by Gasteiger charge is -2.19. The van der Waals surface area contributed by atoms with Gasteiger partial charge < -0.3 is 9.64 Å². The van der Waals surface area contributed by atoms with Crippen molar-refractivity contribution in [2.24, 2.45) is 0 Å². The molecule has 2 unspecified atom stereocenters. The second-order valence-electron chi connectivity index (χ2n) is 5.33. The van der Waals surface area contributed by atoms with Crippen LogP contribution < -0.4 is 4.90 Å². The predicted octanol–water partition coefficient (Wildman–Crippen LogP) is 2.22. The molecule has 2 rings (SSSR count). The summed E-state index contributed by atoms with van der Waals surface area (Å²) in [6, 6.07) is 9.11. The number of para-hydroxylation sites is 1. The number of terminal acetylenes is 1. The van der Waals surface area contributed by atoms with Gasteiger partial charge in [0.2, 0.25) is 0 Å². The van der Waals surface area contributed by atoms with Crippen molar-refractivity contribution in [3.63, 3.8) is 0 Å². The van der Waals surface area contributed by atoms with Crippen molar-refractivity contribution < 1.29 is 9.53 Å². The van der Waals surface area contributed by atoms with Crippen LogP contribution in [0, 0.1) is 12.3 Å². The highest BCUT2D eigenvalue weighted by molar-refractivity contribution is 5.90. The zero-order valence-corrected chi connectivity index (χ0v) is 10.9. The Morgan fingerprint density at radius 1 is 1.33 bits per heavy atom. The zero-order chi connectivity index (χ0) is 13.3. The summed E-state index contributed by atoms with van der Waals surface area (Å²) < 4.78 is 5.37. The van der Waals surface area contributed by atoms with Crippen LogP contribution in [0.3, 0.4) is 0 Å². The molecule has 1 aliphatic heterocycles. The van der Waals surface area contributed by atoms with Crippen LogP contribution in [0.15, 0.2) is 30.3 Å². The van der Waals surface area contributed by atoms with Gasteiger partial charge in [-0.15, -0.1) is 6.42 Å². The van der Waals surface area contributed by atoms with E-state index in [1.165, 1.54) is 0 Å². The number of hydrogen-bond acceptors (Lipinski definition) is 3. The van der Waals surface area contributed by atoms with E-state index in [1.807, 2.05) is 56.0 Å². The van der Waals surface area contributed by atoms with Crippen LogP contribution in [-0.2, 0) is 9.53 Å². The van der Waals surface area contributed by atoms with E-state index in [0.717, 1.165) is 5.69 Å². The third kappa shape index (κ3) is 2.48. The number of benzene rings is 1. The van der Waals surface area contributed by atoms with Crippen LogP contribution in [0.4, 0.5) is 5.69 Å². The van der Waals surface area contributed by atoms with E-state index in [1.54, 1.807) is 0 Å². The topological polar surface area (TPSA) is 29.3 Å². The maximum atomic E-state index is 12.0. The van der Waals surface area contributed by atoms with Gasteiger partial charge in [0.15, 0.2) is 6.04 Å². The number of carbonyl (C=O) groups excluding carboxylic acids is 1. The minimum Gasteiger partial charge on any atom is -0.458 e. The van der Waals surface area contributed by atoms with Gasteiger partial charge >= 0.3 is 5.97 Å². The molecule has 0 radical (unpaired) electrons. The van der Waals surface area contributed by atoms with Gasteiger partial charge in [-0.05, 0) is 32.9 Å². The number of esters is 1. The molecular weight excluding hydrogens is 226 g/mol. The fraction of sp³-hybridized carbons (Fsp3) is 0.400. The Balaban J connectivity index is 2.12. The minimum atomic E-state index is -0.485. The van der Waals surface area contributed by atoms with E-state index in [-0.39, 0.29) is 18.1 Å². The summed E-state index contributed by atoms with van der Waals surface area (Å²) in [4.78, 5) is 13.9. The summed E-state index contributed by atoms with van der Waals surface area (Å²) in [5.41, 5.74) is 0.470. The highest BCUT2D eigenvalue weighted by atomic mass is 16.6. The van der Waals surface area contributed by atoms with Crippen molar-refractivity contribution >= 4 is 11.7 Å². The lowest BCUT2D eigenvalue weighted by atomic mass is 10.2. The van der Waals surface area contributed by atoms with E-state index in [0.29, 0.717) is 0 Å². The number of rotatable bonds is 2. The Bertz CT molecular complexity index is 481. The van der Waals surface area contributed by atoms with E-state index in [9.17, 15) is 4.79 Å². The summed E-state index contributed by atoms with van der Waals surface area (Å²) in [5.74, 6) is 2.37. The Morgan fingerprint density at radius 2 is 1.94 bits per heavy atom. The van der Waals surface area contributed by atoms with Crippen LogP contribution in [0.5, 0.6) is 0 Å². The molecule has 0 saturated carbocycles. The molecule has 18 heavy (non-hydrogen) atoms. The normalized spacial score (nSPS) is 22.2. The molecule has 0 N–H and O–H groups in total. The number of nitrogens with zero attached hydrogens (tertiary/aromatic N) is 1. The molecular formula is C15H17NO2. The number of hydrogen-bond donors (Lipinski definition) is 0. The van der Waals surface area contributed by atoms with Gasteiger partial charge in [-0.2, -0.15) is 0 Å². The van der Waals surface area contributed by atoms with Gasteiger partial charge in [0.1, 0.15) is 11.6 Å². The predicted molar refractivity (Wildman–Crippen MR) is 71.2 cm³/mol. The Morgan fingerprint density at radius 3 is 2.44 bits per heavy atom. The van der Waals surface area contributed by atoms with E-state index in [2.05, 4.69) is 5.92 Å². The molecule has 0 aliphatic carbocycles. The van der Waals surface area contributed by atoms with Crippen molar-refractivity contribution in [1.29, 1.82) is 0 Å². The summed E-state index contributed by atoms with van der Waals surface area (Å²) in [6.45, 7) is 5.56. The second-order valence-corrected chi connectivity index (χ2v) is 5.33. The van der Waals surface area contributed by atoms with Crippen LogP contribution in [-0.4, -0.2) is 23.7 Å². The van der Waals surface area contributed by atoms with Crippen molar-refractivity contribution in [1.82, 2.24) is 0 Å². The van der Waals surface area contributed by atoms with Crippen molar-refractivity contribution in [2.45, 2.75) is 38.5 Å². The molecule has 1 saturated heterocycles. The first-order valence-corrected chi connectivity index (χ1v) is 5.96. The van der Waals surface area contributed by atoms with Gasteiger partial charge in [-0.1, -0.05) is 24.1 Å². The average molecular weight is 243 g/mol. The lowest BCUT2D eigenvalue weighted by molar-refractivity contribution is -0.153. The molecule has 0 aromatic heterocycles. The van der Waals surface area contributed by atoms with E-state index >= 15 is 0 Å². The summed E-state index contributed by atoms with van der Waals surface area (Å²) in [5, 5.41) is 0. The first kappa shape index (κ1) is 12.5. The summed E-state index contributed by atoms with van der Waals surface area (Å²) in [7, 11) is 0. The Hall–Kier alpha value is -1.95. The molecule has 3 nitrogen and oxygen atoms in total. The molecule has 0 amide bonds. The zero-order valence-electron chi connectivity index (χ0n) is 10.9. The molecule has 0 bridgehead atoms. The smallest absolute Gasteiger partial charge is 0.332 e. The Kier molecular flexibility index (Phi) is 3.04. The fourth-order valence-electron chi connectivity index (χ4n) is 1.93. The third-order valence-corrected chi connectivity index (χ3v) is 2.68. The Labute approximate surface area is 108 Å². The van der Waals surface area contributed by atoms with Crippen LogP contribution in [0.2, 0.25) is 0 Å². The molecule has 0 spiro atoms. The van der Waals surface area contributed by atoms with Gasteiger partial charge in [-0.3, -0.25) is 0 Å². The number of carbonyl (C=O) groups is 1. The second kappa shape index (κ2) is 4.38. The largest absolute Gasteiger partial charge is 0.458 e. The van der Waals surface area contributed by atoms with E-state index in [4.69, 9.17) is 11.2 Å². The standard InChI is InChI=1S/C15H17NO2/c1-5-12-13(14(17)18-15(2,3)4)16(12)11-9-7-6-8-10-11/h1,6-10,12-13H,2-4H3. The molecule has 94 valence electrons. The SMILES string of the molecule is C#CC1C(C(=O)OC(C)(C)C)N1c1ccccc1. The minimum absolute atomic E-state index is 0.192. The van der Waals surface area contributed by atoms with Crippen LogP contribution in [0.25, 0.3) is 0 Å². The van der Waals surface area contributed by atoms with Crippen LogP contribution >= 0.6 is 0 Å². The van der Waals surface area contributed by atoms with Crippen molar-refractivity contribution in [3.05, 3.63) is 30.3 Å². The molecule has 1 aromatic carbocycles. The summed E-state index contributed by atoms with van der Waals surface area (Å²) >= 11 is 0. The number of anilines is 1. The molecule has 1 aliphatic rings. The average Bonchev–Trinajstić information content (AvgIpc) is 3.02. The number of ether oxygens (including phenoxy) is 1. The van der Waals surface area contributed by atoms with Gasteiger partial charge in [0.25, 0.3) is 0 Å². The first-order chi connectivity index (χ1) is 8.44. The van der Waals surface area contributed by atoms with Gasteiger partial charge in [0, 0.05) is 5.69 Å². The third-order valence-electron chi connectivity index (χ3n) is 2.68. The van der Waals surface area contributed by atoms with Gasteiger partial charge in [0.05, 0.1) is 0 Å². The van der Waals surface area contributed by atoms with Crippen LogP contribution in [0.1, 0.15) is 20.8 Å². The lowest BCUT2D eigenvalue weighted by Crippen LogP contribution is -2.28. The molecule has 3 heteroatoms. The monoisotopic (exact) mass is 243 g/mol. The fourth-order valence-corrected chi connectivity index (χ4v) is 1.93. The van der Waals surface area contributed by atoms with Crippen molar-refractivity contribution in [3.8, 4) is 12.3 Å². The quantitative estimate of drug-likeness (QED) is 0.453. The van der Waals surface area contributed by atoms with Gasteiger partial charge in [-0.25, -0.2) is 4.79 Å². The van der Waals surface area contributed by atoms with Crippen molar-refractivity contribution in [2.75, 3.05) is 4.90 Å². The molecule has 2 atom stereocenters. The highest BCUT2D eigenvalue weighted by Crippen LogP contribution is 2.36. The maximum absolute atomic E-state index is 12.0. The molecule has 1 fully saturated rings. The van der Waals surface area contributed by atoms with E-state index < -0.39 is 5.60 Å². The molecule has 1 heterocycles. The summed E-state index contributed by atoms with van der Waals surface area (Å²) in [6.07, 6.45) is 5.45. The molecule has 1 aromatic rings. The first-order valence-electron chi connectivity index (χ1n) is 5.96.